The van der Waals surface area contributed by atoms with Crippen molar-refractivity contribution in [3.8, 4) is 0 Å². The van der Waals surface area contributed by atoms with Crippen LogP contribution in [0.15, 0.2) is 11.1 Å². The number of nitrogens with one attached hydrogen (secondary N) is 1. The van der Waals surface area contributed by atoms with Gasteiger partial charge < -0.3 is 9.47 Å². The second-order valence-corrected chi connectivity index (χ2v) is 6.06. The fourth-order valence-electron chi connectivity index (χ4n) is 1.71. The predicted molar refractivity (Wildman–Crippen MR) is 75.1 cm³/mol. The Balaban J connectivity index is 2.81. The van der Waals surface area contributed by atoms with Crippen molar-refractivity contribution in [3.63, 3.8) is 0 Å². The highest BCUT2D eigenvalue weighted by molar-refractivity contribution is 7.89. The van der Waals surface area contributed by atoms with Gasteiger partial charge in [0.2, 0.25) is 10.0 Å². The first-order valence-corrected chi connectivity index (χ1v) is 8.13. The topological polar surface area (TPSA) is 84.5 Å². The number of H-pyrrole nitrogens is 1. The van der Waals surface area contributed by atoms with Crippen LogP contribution < -0.4 is 0 Å². The summed E-state index contributed by atoms with van der Waals surface area (Å²) in [7, 11) is -3.57. The minimum atomic E-state index is -3.57. The second-order valence-electron chi connectivity index (χ2n) is 4.16. The summed E-state index contributed by atoms with van der Waals surface area (Å²) in [5, 5.41) is 6.42. The van der Waals surface area contributed by atoms with Crippen LogP contribution >= 0.6 is 0 Å². The van der Waals surface area contributed by atoms with Crippen LogP contribution in [0.5, 0.6) is 0 Å². The van der Waals surface area contributed by atoms with Gasteiger partial charge in [-0.05, 0) is 20.8 Å². The van der Waals surface area contributed by atoms with E-state index >= 15 is 0 Å². The molecule has 116 valence electrons. The highest BCUT2D eigenvalue weighted by Gasteiger charge is 2.26. The van der Waals surface area contributed by atoms with Gasteiger partial charge >= 0.3 is 0 Å². The lowest BCUT2D eigenvalue weighted by Gasteiger charge is -2.21. The lowest BCUT2D eigenvalue weighted by molar-refractivity contribution is 0.110. The zero-order valence-electron chi connectivity index (χ0n) is 12.3. The van der Waals surface area contributed by atoms with Crippen molar-refractivity contribution in [1.82, 2.24) is 14.5 Å². The largest absolute Gasteiger partial charge is 0.380 e. The van der Waals surface area contributed by atoms with E-state index in [0.717, 1.165) is 0 Å². The molecule has 0 aliphatic carbocycles. The van der Waals surface area contributed by atoms with Gasteiger partial charge in [0, 0.05) is 26.3 Å². The minimum absolute atomic E-state index is 0.200. The molecule has 7 nitrogen and oxygen atoms in total. The molecule has 0 atom stereocenters. The number of hydrogen-bond donors (Lipinski definition) is 1. The van der Waals surface area contributed by atoms with Crippen molar-refractivity contribution in [2.24, 2.45) is 0 Å². The van der Waals surface area contributed by atoms with E-state index in [-0.39, 0.29) is 4.90 Å². The molecule has 1 aromatic rings. The molecule has 0 aliphatic heterocycles. The first kappa shape index (κ1) is 17.1. The molecule has 1 heterocycles. The number of aromatic nitrogens is 2. The zero-order valence-corrected chi connectivity index (χ0v) is 13.1. The number of ether oxygens (including phenoxy) is 2. The third kappa shape index (κ3) is 4.55. The van der Waals surface area contributed by atoms with Gasteiger partial charge in [0.1, 0.15) is 4.90 Å². The molecule has 0 spiro atoms. The molecule has 0 saturated carbocycles. The Labute approximate surface area is 120 Å². The Morgan fingerprint density at radius 3 is 2.15 bits per heavy atom. The Morgan fingerprint density at radius 1 is 1.20 bits per heavy atom. The molecule has 0 amide bonds. The molecule has 0 unspecified atom stereocenters. The maximum Gasteiger partial charge on any atom is 0.246 e. The highest BCUT2D eigenvalue weighted by Crippen LogP contribution is 2.17. The number of nitrogens with zero attached hydrogens (tertiary/aromatic N) is 2. The molecular formula is C12H23N3O4S. The van der Waals surface area contributed by atoms with Crippen molar-refractivity contribution in [2.75, 3.05) is 39.5 Å². The standard InChI is InChI=1S/C12H23N3O4S/c1-4-18-8-6-15(7-9-19-5-2)20(16,17)12-10-13-14-11(12)3/h10H,4-9H2,1-3H3,(H,13,14). The minimum Gasteiger partial charge on any atom is -0.380 e. The van der Waals surface area contributed by atoms with Gasteiger partial charge in [-0.15, -0.1) is 0 Å². The van der Waals surface area contributed by atoms with Crippen LogP contribution in [0.3, 0.4) is 0 Å². The normalized spacial score (nSPS) is 12.2. The SMILES string of the molecule is CCOCCN(CCOCC)S(=O)(=O)c1cn[nH]c1C. The highest BCUT2D eigenvalue weighted by atomic mass is 32.2. The van der Waals surface area contributed by atoms with E-state index in [0.29, 0.717) is 45.2 Å². The van der Waals surface area contributed by atoms with Gasteiger partial charge in [-0.3, -0.25) is 5.10 Å². The second kappa shape index (κ2) is 8.35. The molecular weight excluding hydrogens is 282 g/mol. The van der Waals surface area contributed by atoms with Crippen LogP contribution in [0.25, 0.3) is 0 Å². The lowest BCUT2D eigenvalue weighted by atomic mass is 10.5. The molecule has 20 heavy (non-hydrogen) atoms. The maximum absolute atomic E-state index is 12.6. The molecule has 0 bridgehead atoms. The van der Waals surface area contributed by atoms with Gasteiger partial charge in [0.05, 0.1) is 25.1 Å². The average Bonchev–Trinajstić information content (AvgIpc) is 2.84. The molecule has 8 heteroatoms. The number of hydrogen-bond acceptors (Lipinski definition) is 5. The predicted octanol–water partition coefficient (Wildman–Crippen LogP) is 0.782. The summed E-state index contributed by atoms with van der Waals surface area (Å²) in [5.74, 6) is 0. The van der Waals surface area contributed by atoms with E-state index in [2.05, 4.69) is 10.2 Å². The Bertz CT molecular complexity index is 477. The fraction of sp³-hybridized carbons (Fsp3) is 0.750. The molecule has 0 saturated heterocycles. The smallest absolute Gasteiger partial charge is 0.246 e. The van der Waals surface area contributed by atoms with E-state index < -0.39 is 10.0 Å². The van der Waals surface area contributed by atoms with Crippen molar-refractivity contribution < 1.29 is 17.9 Å². The summed E-state index contributed by atoms with van der Waals surface area (Å²) >= 11 is 0. The third-order valence-electron chi connectivity index (χ3n) is 2.78. The van der Waals surface area contributed by atoms with Gasteiger partial charge in [-0.25, -0.2) is 8.42 Å². The van der Waals surface area contributed by atoms with E-state index in [1.54, 1.807) is 6.92 Å². The van der Waals surface area contributed by atoms with Crippen molar-refractivity contribution in [1.29, 1.82) is 0 Å². The third-order valence-corrected chi connectivity index (χ3v) is 4.79. The molecule has 1 rings (SSSR count). The van der Waals surface area contributed by atoms with E-state index in [9.17, 15) is 8.42 Å². The average molecular weight is 305 g/mol. The Morgan fingerprint density at radius 2 is 1.75 bits per heavy atom. The first-order chi connectivity index (χ1) is 9.54. The molecule has 0 aromatic carbocycles. The van der Waals surface area contributed by atoms with E-state index in [4.69, 9.17) is 9.47 Å². The molecule has 0 radical (unpaired) electrons. The van der Waals surface area contributed by atoms with Gasteiger partial charge in [-0.2, -0.15) is 9.40 Å². The summed E-state index contributed by atoms with van der Waals surface area (Å²) in [6, 6.07) is 0. The molecule has 1 N–H and O–H groups in total. The van der Waals surface area contributed by atoms with E-state index in [1.165, 1.54) is 10.5 Å². The number of aryl methyl sites for hydroxylation is 1. The molecule has 1 aromatic heterocycles. The molecule has 0 fully saturated rings. The monoisotopic (exact) mass is 305 g/mol. The summed E-state index contributed by atoms with van der Waals surface area (Å²) in [5.41, 5.74) is 0.530. The molecule has 0 aliphatic rings. The van der Waals surface area contributed by atoms with Crippen LogP contribution in [0, 0.1) is 6.92 Å². The quantitative estimate of drug-likeness (QED) is 0.646. The summed E-state index contributed by atoms with van der Waals surface area (Å²) in [6.45, 7) is 7.87. The van der Waals surface area contributed by atoms with Crippen molar-refractivity contribution in [3.05, 3.63) is 11.9 Å². The van der Waals surface area contributed by atoms with E-state index in [1.807, 2.05) is 13.8 Å². The van der Waals surface area contributed by atoms with Crippen LogP contribution in [-0.4, -0.2) is 62.4 Å². The fourth-order valence-corrected chi connectivity index (χ4v) is 3.24. The van der Waals surface area contributed by atoms with Crippen LogP contribution in [0.1, 0.15) is 19.5 Å². The van der Waals surface area contributed by atoms with Crippen LogP contribution in [0.4, 0.5) is 0 Å². The summed E-state index contributed by atoms with van der Waals surface area (Å²) in [6.07, 6.45) is 1.33. The summed E-state index contributed by atoms with van der Waals surface area (Å²) in [4.78, 5) is 0.200. The van der Waals surface area contributed by atoms with Crippen LogP contribution in [-0.2, 0) is 19.5 Å². The van der Waals surface area contributed by atoms with Crippen LogP contribution in [0.2, 0.25) is 0 Å². The first-order valence-electron chi connectivity index (χ1n) is 6.69. The van der Waals surface area contributed by atoms with Gasteiger partial charge in [-0.1, -0.05) is 0 Å². The summed E-state index contributed by atoms with van der Waals surface area (Å²) < 4.78 is 37.0. The Hall–Kier alpha value is -0.960. The zero-order chi connectivity index (χ0) is 15.0. The number of aromatic amines is 1. The lowest BCUT2D eigenvalue weighted by Crippen LogP contribution is -2.37. The maximum atomic E-state index is 12.6. The van der Waals surface area contributed by atoms with Crippen molar-refractivity contribution >= 4 is 10.0 Å². The van der Waals surface area contributed by atoms with Gasteiger partial charge in [0.25, 0.3) is 0 Å². The number of rotatable bonds is 10. The van der Waals surface area contributed by atoms with Gasteiger partial charge in [0.15, 0.2) is 0 Å². The van der Waals surface area contributed by atoms with Crippen molar-refractivity contribution in [2.45, 2.75) is 25.7 Å². The number of sulfonamides is 1. The Kier molecular flexibility index (Phi) is 7.14.